The number of hydrogen-bond donors (Lipinski definition) is 1. The Balaban J connectivity index is 1.48. The molecule has 2 heterocycles. The zero-order valence-corrected chi connectivity index (χ0v) is 14.4. The Labute approximate surface area is 147 Å². The fourth-order valence-electron chi connectivity index (χ4n) is 2.33. The predicted octanol–water partition coefficient (Wildman–Crippen LogP) is 4.87. The molecule has 0 aliphatic heterocycles. The molecule has 4 rings (SSSR count). The van der Waals surface area contributed by atoms with Crippen LogP contribution >= 0.6 is 23.4 Å². The van der Waals surface area contributed by atoms with Gasteiger partial charge in [-0.2, -0.15) is 4.98 Å². The fraction of sp³-hybridized carbons (Fsp3) is 0.118. The van der Waals surface area contributed by atoms with Crippen molar-refractivity contribution in [3.63, 3.8) is 0 Å². The SMILES string of the molecule is Cc1ccc2nc(SCc3nc(-c4ccc(Cl)cc4)no3)[nH]c2c1. The van der Waals surface area contributed by atoms with Crippen LogP contribution in [-0.4, -0.2) is 20.1 Å². The minimum absolute atomic E-state index is 0.555. The average molecular weight is 357 g/mol. The number of aromatic amines is 1. The molecule has 4 aromatic rings. The minimum Gasteiger partial charge on any atom is -0.338 e. The summed E-state index contributed by atoms with van der Waals surface area (Å²) in [4.78, 5) is 12.3. The molecular weight excluding hydrogens is 344 g/mol. The number of nitrogens with zero attached hydrogens (tertiary/aromatic N) is 3. The van der Waals surface area contributed by atoms with Crippen molar-refractivity contribution in [1.82, 2.24) is 20.1 Å². The molecule has 0 aliphatic rings. The van der Waals surface area contributed by atoms with E-state index in [0.29, 0.717) is 22.5 Å². The third-order valence-corrected chi connectivity index (χ3v) is 4.63. The zero-order chi connectivity index (χ0) is 16.5. The second kappa shape index (κ2) is 6.30. The number of imidazole rings is 1. The van der Waals surface area contributed by atoms with E-state index in [9.17, 15) is 0 Å². The standard InChI is InChI=1S/C17H13ClN4OS/c1-10-2-7-13-14(8-10)20-17(19-13)24-9-15-21-16(22-23-15)11-3-5-12(18)6-4-11/h2-8H,9H2,1H3,(H,19,20). The van der Waals surface area contributed by atoms with Gasteiger partial charge in [0.05, 0.1) is 16.8 Å². The summed E-state index contributed by atoms with van der Waals surface area (Å²) < 4.78 is 5.31. The van der Waals surface area contributed by atoms with Gasteiger partial charge in [0, 0.05) is 10.6 Å². The summed E-state index contributed by atoms with van der Waals surface area (Å²) in [5.74, 6) is 1.67. The van der Waals surface area contributed by atoms with Gasteiger partial charge in [-0.15, -0.1) is 0 Å². The predicted molar refractivity (Wildman–Crippen MR) is 95.1 cm³/mol. The number of H-pyrrole nitrogens is 1. The second-order valence-electron chi connectivity index (χ2n) is 5.37. The molecular formula is C17H13ClN4OS. The van der Waals surface area contributed by atoms with Gasteiger partial charge in [0.25, 0.3) is 0 Å². The molecule has 0 saturated carbocycles. The molecule has 0 atom stereocenters. The molecule has 5 nitrogen and oxygen atoms in total. The third-order valence-electron chi connectivity index (χ3n) is 3.52. The van der Waals surface area contributed by atoms with Crippen molar-refractivity contribution in [2.75, 3.05) is 0 Å². The molecule has 0 unspecified atom stereocenters. The lowest BCUT2D eigenvalue weighted by Gasteiger charge is -1.93. The number of halogens is 1. The summed E-state index contributed by atoms with van der Waals surface area (Å²) in [6.45, 7) is 2.06. The van der Waals surface area contributed by atoms with Crippen molar-refractivity contribution >= 4 is 34.4 Å². The summed E-state index contributed by atoms with van der Waals surface area (Å²) >= 11 is 7.42. The summed E-state index contributed by atoms with van der Waals surface area (Å²) in [6.07, 6.45) is 0. The number of fused-ring (bicyclic) bond motifs is 1. The zero-order valence-electron chi connectivity index (χ0n) is 12.8. The van der Waals surface area contributed by atoms with Crippen LogP contribution in [0, 0.1) is 6.92 Å². The lowest BCUT2D eigenvalue weighted by Crippen LogP contribution is -1.83. The van der Waals surface area contributed by atoms with Crippen molar-refractivity contribution in [1.29, 1.82) is 0 Å². The first-order chi connectivity index (χ1) is 11.7. The van der Waals surface area contributed by atoms with Crippen LogP contribution in [-0.2, 0) is 5.75 Å². The highest BCUT2D eigenvalue weighted by Crippen LogP contribution is 2.24. The van der Waals surface area contributed by atoms with Gasteiger partial charge in [0.2, 0.25) is 11.7 Å². The Morgan fingerprint density at radius 2 is 1.96 bits per heavy atom. The highest BCUT2D eigenvalue weighted by Gasteiger charge is 2.10. The topological polar surface area (TPSA) is 67.6 Å². The van der Waals surface area contributed by atoms with Crippen molar-refractivity contribution in [3.05, 3.63) is 58.9 Å². The first-order valence-corrected chi connectivity index (χ1v) is 8.71. The number of rotatable bonds is 4. The lowest BCUT2D eigenvalue weighted by molar-refractivity contribution is 0.391. The maximum Gasteiger partial charge on any atom is 0.237 e. The van der Waals surface area contributed by atoms with E-state index in [-0.39, 0.29) is 0 Å². The van der Waals surface area contributed by atoms with Crippen LogP contribution in [0.3, 0.4) is 0 Å². The maximum atomic E-state index is 5.89. The molecule has 120 valence electrons. The van der Waals surface area contributed by atoms with Crippen molar-refractivity contribution < 1.29 is 4.52 Å². The monoisotopic (exact) mass is 356 g/mol. The molecule has 0 saturated heterocycles. The largest absolute Gasteiger partial charge is 0.338 e. The Morgan fingerprint density at radius 3 is 2.79 bits per heavy atom. The van der Waals surface area contributed by atoms with Gasteiger partial charge in [-0.1, -0.05) is 34.6 Å². The van der Waals surface area contributed by atoms with E-state index in [1.807, 2.05) is 24.3 Å². The number of aryl methyl sites for hydroxylation is 1. The Bertz CT molecular complexity index is 993. The van der Waals surface area contributed by atoms with E-state index < -0.39 is 0 Å². The Hall–Kier alpha value is -2.31. The lowest BCUT2D eigenvalue weighted by atomic mass is 10.2. The van der Waals surface area contributed by atoms with Gasteiger partial charge in [-0.3, -0.25) is 0 Å². The molecule has 2 aromatic heterocycles. The van der Waals surface area contributed by atoms with E-state index in [1.54, 1.807) is 12.1 Å². The molecule has 0 radical (unpaired) electrons. The fourth-order valence-corrected chi connectivity index (χ4v) is 3.18. The van der Waals surface area contributed by atoms with Gasteiger partial charge in [0.1, 0.15) is 0 Å². The van der Waals surface area contributed by atoms with Crippen molar-refractivity contribution in [3.8, 4) is 11.4 Å². The van der Waals surface area contributed by atoms with Crippen molar-refractivity contribution in [2.24, 2.45) is 0 Å². The molecule has 24 heavy (non-hydrogen) atoms. The number of nitrogens with one attached hydrogen (secondary N) is 1. The molecule has 0 bridgehead atoms. The van der Waals surface area contributed by atoms with Gasteiger partial charge >= 0.3 is 0 Å². The summed E-state index contributed by atoms with van der Waals surface area (Å²) in [5, 5.41) is 5.52. The molecule has 0 aliphatic carbocycles. The Morgan fingerprint density at radius 1 is 1.12 bits per heavy atom. The number of hydrogen-bond acceptors (Lipinski definition) is 5. The second-order valence-corrected chi connectivity index (χ2v) is 6.77. The summed E-state index contributed by atoms with van der Waals surface area (Å²) in [6, 6.07) is 13.5. The number of benzene rings is 2. The quantitative estimate of drug-likeness (QED) is 0.528. The normalized spacial score (nSPS) is 11.2. The first kappa shape index (κ1) is 15.2. The first-order valence-electron chi connectivity index (χ1n) is 7.35. The summed E-state index contributed by atoms with van der Waals surface area (Å²) in [5.41, 5.74) is 4.06. The molecule has 1 N–H and O–H groups in total. The van der Waals surface area contributed by atoms with Crippen LogP contribution in [0.5, 0.6) is 0 Å². The number of thioether (sulfide) groups is 1. The van der Waals surface area contributed by atoms with Gasteiger partial charge in [0.15, 0.2) is 5.16 Å². The molecule has 7 heteroatoms. The van der Waals surface area contributed by atoms with Crippen LogP contribution in [0.25, 0.3) is 22.4 Å². The highest BCUT2D eigenvalue weighted by atomic mass is 35.5. The number of aromatic nitrogens is 4. The van der Waals surface area contributed by atoms with E-state index in [2.05, 4.69) is 33.1 Å². The van der Waals surface area contributed by atoms with E-state index in [4.69, 9.17) is 16.1 Å². The third kappa shape index (κ3) is 3.16. The molecule has 0 amide bonds. The molecule has 0 fully saturated rings. The Kier molecular flexibility index (Phi) is 4.00. The molecule has 2 aromatic carbocycles. The summed E-state index contributed by atoms with van der Waals surface area (Å²) in [7, 11) is 0. The van der Waals surface area contributed by atoms with Gasteiger partial charge < -0.3 is 9.51 Å². The van der Waals surface area contributed by atoms with E-state index in [1.165, 1.54) is 17.3 Å². The van der Waals surface area contributed by atoms with Crippen LogP contribution in [0.4, 0.5) is 0 Å². The van der Waals surface area contributed by atoms with Crippen LogP contribution in [0.1, 0.15) is 11.5 Å². The van der Waals surface area contributed by atoms with Crippen molar-refractivity contribution in [2.45, 2.75) is 17.8 Å². The van der Waals surface area contributed by atoms with E-state index >= 15 is 0 Å². The van der Waals surface area contributed by atoms with Gasteiger partial charge in [-0.25, -0.2) is 4.98 Å². The minimum atomic E-state index is 0.555. The maximum absolute atomic E-state index is 5.89. The highest BCUT2D eigenvalue weighted by molar-refractivity contribution is 7.98. The average Bonchev–Trinajstić information content (AvgIpc) is 3.19. The van der Waals surface area contributed by atoms with E-state index in [0.717, 1.165) is 21.8 Å². The molecule has 0 spiro atoms. The van der Waals surface area contributed by atoms with Gasteiger partial charge in [-0.05, 0) is 48.9 Å². The van der Waals surface area contributed by atoms with Crippen LogP contribution in [0.2, 0.25) is 5.02 Å². The smallest absolute Gasteiger partial charge is 0.237 e. The van der Waals surface area contributed by atoms with Crippen LogP contribution < -0.4 is 0 Å². The van der Waals surface area contributed by atoms with Crippen LogP contribution in [0.15, 0.2) is 52.1 Å².